The lowest BCUT2D eigenvalue weighted by Crippen LogP contribution is -2.42. The summed E-state index contributed by atoms with van der Waals surface area (Å²) in [6, 6.07) is 12.0. The summed E-state index contributed by atoms with van der Waals surface area (Å²) in [7, 11) is -1.83. The molecule has 1 aliphatic heterocycles. The highest BCUT2D eigenvalue weighted by Crippen LogP contribution is 2.28. The molecule has 1 heterocycles. The lowest BCUT2D eigenvalue weighted by Gasteiger charge is -2.34. The van der Waals surface area contributed by atoms with Gasteiger partial charge in [0, 0.05) is 35.9 Å². The predicted octanol–water partition coefficient (Wildman–Crippen LogP) is 4.70. The standard InChI is InChI=1S/C22H27BrN2O3S/c1-15-11-16(2)14-25(13-15)29(27,28)20-8-5-18(6-9-20)22(26)24(4)21-10-7-19(23)12-17(21)3/h5-10,12,15-16H,11,13-14H2,1-4H3. The number of carbonyl (C=O) groups excluding carboxylic acids is 1. The molecule has 0 saturated carbocycles. The van der Waals surface area contributed by atoms with Gasteiger partial charge in [-0.3, -0.25) is 4.79 Å². The Morgan fingerprint density at radius 2 is 1.66 bits per heavy atom. The van der Waals surface area contributed by atoms with Gasteiger partial charge in [-0.25, -0.2) is 8.42 Å². The molecule has 1 amide bonds. The van der Waals surface area contributed by atoms with Crippen molar-refractivity contribution < 1.29 is 13.2 Å². The highest BCUT2D eigenvalue weighted by molar-refractivity contribution is 9.10. The van der Waals surface area contributed by atoms with E-state index >= 15 is 0 Å². The summed E-state index contributed by atoms with van der Waals surface area (Å²) in [4.78, 5) is 14.7. The Balaban J connectivity index is 1.81. The number of halogens is 1. The molecule has 3 rings (SSSR count). The maximum Gasteiger partial charge on any atom is 0.258 e. The number of nitrogens with zero attached hydrogens (tertiary/aromatic N) is 2. The monoisotopic (exact) mass is 478 g/mol. The minimum absolute atomic E-state index is 0.181. The van der Waals surface area contributed by atoms with Gasteiger partial charge in [0.1, 0.15) is 0 Å². The highest BCUT2D eigenvalue weighted by Gasteiger charge is 2.31. The zero-order chi connectivity index (χ0) is 21.3. The molecule has 0 N–H and O–H groups in total. The number of aryl methyl sites for hydroxylation is 1. The maximum absolute atomic E-state index is 13.0. The van der Waals surface area contributed by atoms with Crippen molar-refractivity contribution in [1.82, 2.24) is 4.31 Å². The van der Waals surface area contributed by atoms with Gasteiger partial charge in [0.2, 0.25) is 10.0 Å². The van der Waals surface area contributed by atoms with Crippen LogP contribution in [0.5, 0.6) is 0 Å². The summed E-state index contributed by atoms with van der Waals surface area (Å²) >= 11 is 3.43. The van der Waals surface area contributed by atoms with E-state index < -0.39 is 10.0 Å². The van der Waals surface area contributed by atoms with Crippen LogP contribution in [0.2, 0.25) is 0 Å². The zero-order valence-electron chi connectivity index (χ0n) is 17.2. The van der Waals surface area contributed by atoms with Crippen molar-refractivity contribution in [1.29, 1.82) is 0 Å². The van der Waals surface area contributed by atoms with E-state index in [9.17, 15) is 13.2 Å². The van der Waals surface area contributed by atoms with Gasteiger partial charge in [0.15, 0.2) is 0 Å². The minimum atomic E-state index is -3.55. The van der Waals surface area contributed by atoms with Crippen LogP contribution in [0.1, 0.15) is 36.2 Å². The third-order valence-corrected chi connectivity index (χ3v) is 7.74. The van der Waals surface area contributed by atoms with Crippen molar-refractivity contribution in [2.75, 3.05) is 25.0 Å². The van der Waals surface area contributed by atoms with Crippen molar-refractivity contribution in [2.24, 2.45) is 11.8 Å². The molecule has 156 valence electrons. The first-order valence-corrected chi connectivity index (χ1v) is 12.0. The second kappa shape index (κ2) is 8.58. The van der Waals surface area contributed by atoms with Crippen LogP contribution in [-0.2, 0) is 10.0 Å². The molecule has 2 aromatic carbocycles. The number of anilines is 1. The second-order valence-corrected chi connectivity index (χ2v) is 10.9. The number of hydrogen-bond acceptors (Lipinski definition) is 3. The Bertz CT molecular complexity index is 995. The topological polar surface area (TPSA) is 57.7 Å². The Morgan fingerprint density at radius 1 is 1.07 bits per heavy atom. The van der Waals surface area contributed by atoms with Crippen LogP contribution in [0.3, 0.4) is 0 Å². The summed E-state index contributed by atoms with van der Waals surface area (Å²) < 4.78 is 28.6. The van der Waals surface area contributed by atoms with Crippen molar-refractivity contribution >= 4 is 37.5 Å². The van der Waals surface area contributed by atoms with Crippen LogP contribution < -0.4 is 4.90 Å². The summed E-state index contributed by atoms with van der Waals surface area (Å²) in [5.74, 6) is 0.508. The van der Waals surface area contributed by atoms with Gasteiger partial charge < -0.3 is 4.90 Å². The first-order chi connectivity index (χ1) is 13.6. The van der Waals surface area contributed by atoms with Crippen LogP contribution in [0.25, 0.3) is 0 Å². The van der Waals surface area contributed by atoms with E-state index in [1.165, 1.54) is 12.1 Å². The smallest absolute Gasteiger partial charge is 0.258 e. The van der Waals surface area contributed by atoms with E-state index in [1.807, 2.05) is 25.1 Å². The predicted molar refractivity (Wildman–Crippen MR) is 120 cm³/mol. The molecule has 0 spiro atoms. The molecule has 2 atom stereocenters. The molecule has 0 aliphatic carbocycles. The number of piperidine rings is 1. The van der Waals surface area contributed by atoms with Crippen molar-refractivity contribution in [3.8, 4) is 0 Å². The molecule has 7 heteroatoms. The Hall–Kier alpha value is -1.70. The molecule has 2 aromatic rings. The molecule has 1 fully saturated rings. The van der Waals surface area contributed by atoms with Crippen LogP contribution >= 0.6 is 15.9 Å². The largest absolute Gasteiger partial charge is 0.311 e. The van der Waals surface area contributed by atoms with E-state index in [4.69, 9.17) is 0 Å². The first kappa shape index (κ1) is 22.0. The molecular formula is C22H27BrN2O3S. The lowest BCUT2D eigenvalue weighted by atomic mass is 9.94. The van der Waals surface area contributed by atoms with Gasteiger partial charge >= 0.3 is 0 Å². The Morgan fingerprint density at radius 3 is 2.21 bits per heavy atom. The second-order valence-electron chi connectivity index (χ2n) is 8.09. The maximum atomic E-state index is 13.0. The molecule has 29 heavy (non-hydrogen) atoms. The van der Waals surface area contributed by atoms with E-state index in [2.05, 4.69) is 29.8 Å². The summed E-state index contributed by atoms with van der Waals surface area (Å²) in [6.07, 6.45) is 1.04. The highest BCUT2D eigenvalue weighted by atomic mass is 79.9. The van der Waals surface area contributed by atoms with Crippen LogP contribution in [0.15, 0.2) is 51.8 Å². The van der Waals surface area contributed by atoms with E-state index in [1.54, 1.807) is 28.4 Å². The lowest BCUT2D eigenvalue weighted by molar-refractivity contribution is 0.0992. The van der Waals surface area contributed by atoms with Crippen LogP contribution in [-0.4, -0.2) is 38.8 Å². The quantitative estimate of drug-likeness (QED) is 0.639. The summed E-state index contributed by atoms with van der Waals surface area (Å²) in [5, 5.41) is 0. The molecular weight excluding hydrogens is 452 g/mol. The fourth-order valence-electron chi connectivity index (χ4n) is 4.02. The SMILES string of the molecule is Cc1cc(Br)ccc1N(C)C(=O)c1ccc(S(=O)(=O)N2CC(C)CC(C)C2)cc1. The van der Waals surface area contributed by atoms with Gasteiger partial charge in [-0.15, -0.1) is 0 Å². The number of benzene rings is 2. The minimum Gasteiger partial charge on any atom is -0.311 e. The molecule has 0 bridgehead atoms. The first-order valence-electron chi connectivity index (χ1n) is 9.74. The number of rotatable bonds is 4. The van der Waals surface area contributed by atoms with E-state index in [0.717, 1.165) is 22.1 Å². The van der Waals surface area contributed by atoms with Gasteiger partial charge in [0.05, 0.1) is 4.90 Å². The van der Waals surface area contributed by atoms with E-state index in [-0.39, 0.29) is 10.8 Å². The third-order valence-electron chi connectivity index (χ3n) is 5.40. The zero-order valence-corrected chi connectivity index (χ0v) is 19.6. The Labute approximate surface area is 181 Å². The fourth-order valence-corrected chi connectivity index (χ4v) is 6.17. The average molecular weight is 479 g/mol. The number of sulfonamides is 1. The number of carbonyl (C=O) groups is 1. The van der Waals surface area contributed by atoms with Crippen molar-refractivity contribution in [3.05, 3.63) is 58.1 Å². The van der Waals surface area contributed by atoms with Crippen molar-refractivity contribution in [3.63, 3.8) is 0 Å². The van der Waals surface area contributed by atoms with Crippen LogP contribution in [0.4, 0.5) is 5.69 Å². The van der Waals surface area contributed by atoms with Crippen molar-refractivity contribution in [2.45, 2.75) is 32.1 Å². The molecule has 0 radical (unpaired) electrons. The fraction of sp³-hybridized carbons (Fsp3) is 0.409. The summed E-state index contributed by atoms with van der Waals surface area (Å²) in [5.41, 5.74) is 2.24. The molecule has 1 aliphatic rings. The summed E-state index contributed by atoms with van der Waals surface area (Å²) in [6.45, 7) is 7.19. The van der Waals surface area contributed by atoms with Gasteiger partial charge in [-0.05, 0) is 73.2 Å². The molecule has 0 aromatic heterocycles. The molecule has 5 nitrogen and oxygen atoms in total. The normalized spacial score (nSPS) is 20.4. The Kier molecular flexibility index (Phi) is 6.51. The number of hydrogen-bond donors (Lipinski definition) is 0. The third kappa shape index (κ3) is 4.73. The average Bonchev–Trinajstić information content (AvgIpc) is 2.66. The van der Waals surface area contributed by atoms with Crippen LogP contribution in [0, 0.1) is 18.8 Å². The van der Waals surface area contributed by atoms with E-state index in [0.29, 0.717) is 30.5 Å². The number of amides is 1. The van der Waals surface area contributed by atoms with Gasteiger partial charge in [-0.1, -0.05) is 29.8 Å². The molecule has 2 unspecified atom stereocenters. The van der Waals surface area contributed by atoms with Gasteiger partial charge in [-0.2, -0.15) is 4.31 Å². The van der Waals surface area contributed by atoms with Gasteiger partial charge in [0.25, 0.3) is 5.91 Å². The molecule has 1 saturated heterocycles.